The summed E-state index contributed by atoms with van der Waals surface area (Å²) in [7, 11) is 0. The van der Waals surface area contributed by atoms with Crippen molar-refractivity contribution in [2.45, 2.75) is 133 Å². The maximum atomic E-state index is 2.64. The standard InChI is InChI=1S/C28H38S3.6CH3.2Sn/c1-3-5-7-9-11-13-15-23-19-21-29-27(23)25-17-18-26(31-25)28-24(20-22-30-28)16-14-12-10-8-6-4-2;;;;;;;;/h17-20H,3-16H2,1-2H3;6*1H3;;. The summed E-state index contributed by atoms with van der Waals surface area (Å²) in [5.41, 5.74) is 3.30. The summed E-state index contributed by atoms with van der Waals surface area (Å²) in [6, 6.07) is 10.2. The topological polar surface area (TPSA) is 0 Å². The van der Waals surface area contributed by atoms with E-state index < -0.39 is 36.8 Å². The predicted octanol–water partition coefficient (Wildman–Crippen LogP) is 12.1. The van der Waals surface area contributed by atoms with Gasteiger partial charge in [0.25, 0.3) is 0 Å². The van der Waals surface area contributed by atoms with Crippen LogP contribution in [0.25, 0.3) is 19.5 Å². The van der Waals surface area contributed by atoms with Crippen LogP contribution in [0.2, 0.25) is 29.6 Å². The van der Waals surface area contributed by atoms with Gasteiger partial charge >= 0.3 is 265 Å². The summed E-state index contributed by atoms with van der Waals surface area (Å²) in [6.07, 6.45) is 19.1. The molecule has 0 bridgehead atoms. The Kier molecular flexibility index (Phi) is 14.5. The van der Waals surface area contributed by atoms with Gasteiger partial charge in [-0.05, 0) is 0 Å². The number of aryl methyl sites for hydroxylation is 2. The van der Waals surface area contributed by atoms with E-state index in [0.717, 1.165) is 0 Å². The SMILES string of the molecule is CCCCCCCCc1c[c]([Sn]([CH3])([CH3])[CH3])sc1-c1ccc(-c2s[c]([Sn]([CH3])([CH3])[CH3])cc2CCCCCCCC)s1. The van der Waals surface area contributed by atoms with E-state index in [9.17, 15) is 0 Å². The Balaban J connectivity index is 1.83. The quantitative estimate of drug-likeness (QED) is 0.0888. The van der Waals surface area contributed by atoms with Gasteiger partial charge in [-0.25, -0.2) is 0 Å². The molecule has 0 aliphatic rings. The second-order valence-electron chi connectivity index (χ2n) is 13.6. The first-order valence-electron chi connectivity index (χ1n) is 15.9. The molecule has 3 rings (SSSR count). The van der Waals surface area contributed by atoms with E-state index in [-0.39, 0.29) is 0 Å². The first-order valence-corrected chi connectivity index (χ1v) is 38.3. The fourth-order valence-electron chi connectivity index (χ4n) is 5.16. The molecule has 0 saturated heterocycles. The van der Waals surface area contributed by atoms with Gasteiger partial charge in [0.2, 0.25) is 0 Å². The fraction of sp³-hybridized carbons (Fsp3) is 0.647. The average molecular weight is 798 g/mol. The van der Waals surface area contributed by atoms with Crippen LogP contribution in [-0.4, -0.2) is 36.8 Å². The zero-order chi connectivity index (χ0) is 28.5. The van der Waals surface area contributed by atoms with Crippen LogP contribution in [0.5, 0.6) is 0 Å². The number of hydrogen-bond donors (Lipinski definition) is 0. The Labute approximate surface area is 262 Å². The average Bonchev–Trinajstić information content (AvgIpc) is 3.60. The minimum absolute atomic E-state index is 1.26. The van der Waals surface area contributed by atoms with Gasteiger partial charge in [0.15, 0.2) is 0 Å². The van der Waals surface area contributed by atoms with Crippen LogP contribution in [0.3, 0.4) is 0 Å². The van der Waals surface area contributed by atoms with Crippen LogP contribution in [0, 0.1) is 0 Å². The Hall–Kier alpha value is 0.697. The second kappa shape index (κ2) is 16.5. The molecule has 218 valence electrons. The summed E-state index contributed by atoms with van der Waals surface area (Å²) in [4.78, 5) is 21.7. The molecule has 0 saturated carbocycles. The van der Waals surface area contributed by atoms with Crippen molar-refractivity contribution >= 4 is 76.6 Å². The molecule has 39 heavy (non-hydrogen) atoms. The Morgan fingerprint density at radius 3 is 1.21 bits per heavy atom. The van der Waals surface area contributed by atoms with Crippen LogP contribution < -0.4 is 5.79 Å². The van der Waals surface area contributed by atoms with Crippen molar-refractivity contribution in [3.63, 3.8) is 0 Å². The molecule has 0 radical (unpaired) electrons. The van der Waals surface area contributed by atoms with Crippen LogP contribution in [0.1, 0.15) is 102 Å². The molecule has 0 amide bonds. The molecule has 3 aromatic heterocycles. The van der Waals surface area contributed by atoms with Crippen molar-refractivity contribution in [2.24, 2.45) is 0 Å². The molecule has 0 fully saturated rings. The van der Waals surface area contributed by atoms with Crippen molar-refractivity contribution in [1.82, 2.24) is 0 Å². The van der Waals surface area contributed by atoms with Crippen LogP contribution in [0.15, 0.2) is 24.3 Å². The van der Waals surface area contributed by atoms with Gasteiger partial charge in [0.1, 0.15) is 0 Å². The van der Waals surface area contributed by atoms with Gasteiger partial charge < -0.3 is 0 Å². The molecule has 0 aromatic carbocycles. The summed E-state index contributed by atoms with van der Waals surface area (Å²) >= 11 is 2.18. The summed E-state index contributed by atoms with van der Waals surface area (Å²) in [5, 5.41) is 0. The third-order valence-electron chi connectivity index (χ3n) is 7.75. The monoisotopic (exact) mass is 800 g/mol. The maximum absolute atomic E-state index is 2.64. The summed E-state index contributed by atoms with van der Waals surface area (Å²) in [5.74, 6) is 0. The van der Waals surface area contributed by atoms with Gasteiger partial charge in [-0.3, -0.25) is 0 Å². The van der Waals surface area contributed by atoms with Gasteiger partial charge in [-0.15, -0.1) is 0 Å². The van der Waals surface area contributed by atoms with Crippen LogP contribution >= 0.6 is 34.0 Å². The molecular weight excluding hydrogens is 742 g/mol. The van der Waals surface area contributed by atoms with E-state index in [4.69, 9.17) is 0 Å². The predicted molar refractivity (Wildman–Crippen MR) is 191 cm³/mol. The second-order valence-corrected chi connectivity index (χ2v) is 47.6. The van der Waals surface area contributed by atoms with Crippen LogP contribution in [-0.2, 0) is 12.8 Å². The first-order chi connectivity index (χ1) is 18.5. The minimum atomic E-state index is -2.11. The molecule has 0 nitrogen and oxygen atoms in total. The van der Waals surface area contributed by atoms with Gasteiger partial charge in [-0.1, -0.05) is 0 Å². The van der Waals surface area contributed by atoms with Crippen molar-refractivity contribution < 1.29 is 0 Å². The summed E-state index contributed by atoms with van der Waals surface area (Å²) in [6.45, 7) is 4.63. The first kappa shape index (κ1) is 34.2. The number of hydrogen-bond acceptors (Lipinski definition) is 3. The molecular formula is C34H56S3Sn2. The number of thiophene rings is 3. The zero-order valence-electron chi connectivity index (χ0n) is 26.4. The van der Waals surface area contributed by atoms with Gasteiger partial charge in [0, 0.05) is 0 Å². The van der Waals surface area contributed by atoms with E-state index in [0.29, 0.717) is 0 Å². The van der Waals surface area contributed by atoms with Crippen molar-refractivity contribution in [1.29, 1.82) is 0 Å². The Bertz CT molecular complexity index is 1030. The van der Waals surface area contributed by atoms with E-state index >= 15 is 0 Å². The molecule has 3 aromatic rings. The number of rotatable bonds is 18. The van der Waals surface area contributed by atoms with Crippen LogP contribution in [0.4, 0.5) is 0 Å². The van der Waals surface area contributed by atoms with Crippen molar-refractivity contribution in [3.8, 4) is 19.5 Å². The fourth-order valence-corrected chi connectivity index (χ4v) is 19.4. The molecule has 5 heteroatoms. The van der Waals surface area contributed by atoms with Crippen molar-refractivity contribution in [2.75, 3.05) is 0 Å². The molecule has 0 unspecified atom stereocenters. The third kappa shape index (κ3) is 10.7. The third-order valence-corrected chi connectivity index (χ3v) is 30.4. The molecule has 0 spiro atoms. The Morgan fingerprint density at radius 2 is 0.846 bits per heavy atom. The van der Waals surface area contributed by atoms with Crippen molar-refractivity contribution in [3.05, 3.63) is 35.4 Å². The molecule has 0 atom stereocenters. The van der Waals surface area contributed by atoms with Gasteiger partial charge in [-0.2, -0.15) is 0 Å². The van der Waals surface area contributed by atoms with Gasteiger partial charge in [0.05, 0.1) is 0 Å². The molecule has 0 N–H and O–H groups in total. The van der Waals surface area contributed by atoms with E-state index in [1.165, 1.54) is 99.6 Å². The van der Waals surface area contributed by atoms with E-state index in [1.54, 1.807) is 26.7 Å². The van der Waals surface area contributed by atoms with E-state index in [1.807, 2.05) is 0 Å². The number of unbranched alkanes of at least 4 members (excludes halogenated alkanes) is 10. The Morgan fingerprint density at radius 1 is 0.487 bits per heavy atom. The van der Waals surface area contributed by atoms with E-state index in [2.05, 4.69) is 102 Å². The zero-order valence-corrected chi connectivity index (χ0v) is 34.6. The normalized spacial score (nSPS) is 12.5. The molecule has 3 heterocycles. The molecule has 0 aliphatic heterocycles. The molecule has 0 aliphatic carbocycles. The summed E-state index contributed by atoms with van der Waals surface area (Å²) < 4.78 is 3.50.